The summed E-state index contributed by atoms with van der Waals surface area (Å²) in [6.45, 7) is 5.86. The molecule has 1 aliphatic heterocycles. The predicted molar refractivity (Wildman–Crippen MR) is 86.0 cm³/mol. The highest BCUT2D eigenvalue weighted by Gasteiger charge is 2.33. The zero-order valence-electron chi connectivity index (χ0n) is 13.8. The SMILES string of the molecule is CCCCCCCCCCCCC(C)(O)C1CCOC1. The standard InChI is InChI=1S/C18H36O2/c1-3-4-5-6-7-8-9-10-11-12-14-18(2,19)17-13-15-20-16-17/h17,19H,3-16H2,1-2H3. The molecule has 0 aromatic heterocycles. The third-order valence-corrected chi connectivity index (χ3v) is 4.85. The van der Waals surface area contributed by atoms with Crippen LogP contribution in [0.2, 0.25) is 0 Å². The molecule has 0 aliphatic carbocycles. The maximum atomic E-state index is 10.5. The molecular formula is C18H36O2. The maximum absolute atomic E-state index is 10.5. The first-order chi connectivity index (χ1) is 9.67. The first-order valence-corrected chi connectivity index (χ1v) is 8.97. The van der Waals surface area contributed by atoms with Gasteiger partial charge < -0.3 is 9.84 Å². The molecule has 0 saturated carbocycles. The van der Waals surface area contributed by atoms with E-state index in [2.05, 4.69) is 6.92 Å². The van der Waals surface area contributed by atoms with Crippen LogP contribution < -0.4 is 0 Å². The minimum absolute atomic E-state index is 0.362. The van der Waals surface area contributed by atoms with Crippen LogP contribution in [-0.4, -0.2) is 23.9 Å². The molecular weight excluding hydrogens is 248 g/mol. The van der Waals surface area contributed by atoms with E-state index in [0.717, 1.165) is 26.1 Å². The average molecular weight is 284 g/mol. The van der Waals surface area contributed by atoms with Crippen LogP contribution in [0, 0.1) is 5.92 Å². The molecule has 1 rings (SSSR count). The van der Waals surface area contributed by atoms with Crippen molar-refractivity contribution in [3.05, 3.63) is 0 Å². The number of ether oxygens (including phenoxy) is 1. The van der Waals surface area contributed by atoms with Gasteiger partial charge >= 0.3 is 0 Å². The van der Waals surface area contributed by atoms with Gasteiger partial charge in [0, 0.05) is 12.5 Å². The van der Waals surface area contributed by atoms with Gasteiger partial charge in [-0.2, -0.15) is 0 Å². The second kappa shape index (κ2) is 10.6. The first kappa shape index (κ1) is 18.0. The Morgan fingerprint density at radius 2 is 1.50 bits per heavy atom. The summed E-state index contributed by atoms with van der Waals surface area (Å²) < 4.78 is 5.38. The number of aliphatic hydroxyl groups is 1. The summed E-state index contributed by atoms with van der Waals surface area (Å²) in [6.07, 6.45) is 15.5. The normalized spacial score (nSPS) is 22.1. The molecule has 0 aromatic rings. The fourth-order valence-corrected chi connectivity index (χ4v) is 3.20. The molecule has 2 heteroatoms. The van der Waals surface area contributed by atoms with Gasteiger partial charge in [-0.25, -0.2) is 0 Å². The second-order valence-electron chi connectivity index (χ2n) is 6.85. The van der Waals surface area contributed by atoms with Crippen molar-refractivity contribution in [2.75, 3.05) is 13.2 Å². The first-order valence-electron chi connectivity index (χ1n) is 8.97. The molecule has 1 fully saturated rings. The highest BCUT2D eigenvalue weighted by molar-refractivity contribution is 4.84. The lowest BCUT2D eigenvalue weighted by atomic mass is 9.84. The molecule has 2 nitrogen and oxygen atoms in total. The monoisotopic (exact) mass is 284 g/mol. The summed E-state index contributed by atoms with van der Waals surface area (Å²) in [5, 5.41) is 10.5. The van der Waals surface area contributed by atoms with Crippen molar-refractivity contribution in [3.63, 3.8) is 0 Å². The van der Waals surface area contributed by atoms with E-state index in [4.69, 9.17) is 4.74 Å². The Morgan fingerprint density at radius 3 is 2.00 bits per heavy atom. The summed E-state index contributed by atoms with van der Waals surface area (Å²) in [5.74, 6) is 0.362. The molecule has 1 saturated heterocycles. The van der Waals surface area contributed by atoms with Gasteiger partial charge in [-0.1, -0.05) is 71.1 Å². The molecule has 0 radical (unpaired) electrons. The second-order valence-corrected chi connectivity index (χ2v) is 6.85. The van der Waals surface area contributed by atoms with E-state index >= 15 is 0 Å². The summed E-state index contributed by atoms with van der Waals surface area (Å²) in [5.41, 5.74) is -0.503. The highest BCUT2D eigenvalue weighted by atomic mass is 16.5. The molecule has 0 spiro atoms. The van der Waals surface area contributed by atoms with Crippen LogP contribution in [0.15, 0.2) is 0 Å². The van der Waals surface area contributed by atoms with Crippen molar-refractivity contribution < 1.29 is 9.84 Å². The summed E-state index contributed by atoms with van der Waals surface area (Å²) >= 11 is 0. The van der Waals surface area contributed by atoms with Crippen molar-refractivity contribution in [2.45, 2.75) is 96.5 Å². The Balaban J connectivity index is 1.89. The number of hydrogen-bond acceptors (Lipinski definition) is 2. The largest absolute Gasteiger partial charge is 0.390 e. The van der Waals surface area contributed by atoms with E-state index in [1.165, 1.54) is 64.2 Å². The van der Waals surface area contributed by atoms with Gasteiger partial charge in [0.2, 0.25) is 0 Å². The van der Waals surface area contributed by atoms with Gasteiger partial charge in [0.15, 0.2) is 0 Å². The zero-order chi connectivity index (χ0) is 14.7. The predicted octanol–water partition coefficient (Wildman–Crippen LogP) is 5.08. The molecule has 1 heterocycles. The molecule has 1 aliphatic rings. The van der Waals surface area contributed by atoms with Crippen molar-refractivity contribution in [2.24, 2.45) is 5.92 Å². The number of hydrogen-bond donors (Lipinski definition) is 1. The smallest absolute Gasteiger partial charge is 0.0670 e. The van der Waals surface area contributed by atoms with Crippen LogP contribution >= 0.6 is 0 Å². The van der Waals surface area contributed by atoms with Crippen molar-refractivity contribution >= 4 is 0 Å². The number of rotatable bonds is 12. The van der Waals surface area contributed by atoms with E-state index in [1.807, 2.05) is 6.92 Å². The molecule has 0 aromatic carbocycles. The van der Waals surface area contributed by atoms with Crippen molar-refractivity contribution in [1.82, 2.24) is 0 Å². The van der Waals surface area contributed by atoms with Gasteiger partial charge in [-0.3, -0.25) is 0 Å². The Bertz CT molecular complexity index is 219. The molecule has 2 unspecified atom stereocenters. The minimum Gasteiger partial charge on any atom is -0.390 e. The van der Waals surface area contributed by atoms with Crippen LogP contribution in [0.1, 0.15) is 90.9 Å². The van der Waals surface area contributed by atoms with Crippen molar-refractivity contribution in [3.8, 4) is 0 Å². The Morgan fingerprint density at radius 1 is 0.950 bits per heavy atom. The topological polar surface area (TPSA) is 29.5 Å². The van der Waals surface area contributed by atoms with Gasteiger partial charge in [0.1, 0.15) is 0 Å². The van der Waals surface area contributed by atoms with Crippen molar-refractivity contribution in [1.29, 1.82) is 0 Å². The minimum atomic E-state index is -0.503. The lowest BCUT2D eigenvalue weighted by Gasteiger charge is -2.29. The lowest BCUT2D eigenvalue weighted by molar-refractivity contribution is -0.0142. The Labute approximate surface area is 126 Å². The van der Waals surface area contributed by atoms with Crippen LogP contribution in [0.3, 0.4) is 0 Å². The lowest BCUT2D eigenvalue weighted by Crippen LogP contribution is -2.34. The Kier molecular flexibility index (Phi) is 9.54. The Hall–Kier alpha value is -0.0800. The van der Waals surface area contributed by atoms with Gasteiger partial charge in [0.25, 0.3) is 0 Å². The summed E-state index contributed by atoms with van der Waals surface area (Å²) in [6, 6.07) is 0. The highest BCUT2D eigenvalue weighted by Crippen LogP contribution is 2.30. The van der Waals surface area contributed by atoms with E-state index in [1.54, 1.807) is 0 Å². The van der Waals surface area contributed by atoms with E-state index < -0.39 is 5.60 Å². The van der Waals surface area contributed by atoms with Crippen LogP contribution in [0.4, 0.5) is 0 Å². The summed E-state index contributed by atoms with van der Waals surface area (Å²) in [7, 11) is 0. The third-order valence-electron chi connectivity index (χ3n) is 4.85. The molecule has 20 heavy (non-hydrogen) atoms. The third kappa shape index (κ3) is 7.64. The summed E-state index contributed by atoms with van der Waals surface area (Å²) in [4.78, 5) is 0. The van der Waals surface area contributed by atoms with Gasteiger partial charge in [-0.05, 0) is 19.8 Å². The van der Waals surface area contributed by atoms with Gasteiger partial charge in [-0.15, -0.1) is 0 Å². The maximum Gasteiger partial charge on any atom is 0.0670 e. The quantitative estimate of drug-likeness (QED) is 0.506. The van der Waals surface area contributed by atoms with Gasteiger partial charge in [0.05, 0.1) is 12.2 Å². The molecule has 1 N–H and O–H groups in total. The molecule has 0 amide bonds. The molecule has 2 atom stereocenters. The number of unbranched alkanes of at least 4 members (excludes halogenated alkanes) is 9. The fourth-order valence-electron chi connectivity index (χ4n) is 3.20. The van der Waals surface area contributed by atoms with Crippen LogP contribution in [0.5, 0.6) is 0 Å². The van der Waals surface area contributed by atoms with Crippen LogP contribution in [0.25, 0.3) is 0 Å². The molecule has 0 bridgehead atoms. The van der Waals surface area contributed by atoms with E-state index in [9.17, 15) is 5.11 Å². The fraction of sp³-hybridized carbons (Fsp3) is 1.00. The van der Waals surface area contributed by atoms with E-state index in [0.29, 0.717) is 5.92 Å². The van der Waals surface area contributed by atoms with E-state index in [-0.39, 0.29) is 0 Å². The zero-order valence-corrected chi connectivity index (χ0v) is 13.8. The average Bonchev–Trinajstić information content (AvgIpc) is 2.96. The molecule has 120 valence electrons. The van der Waals surface area contributed by atoms with Crippen LogP contribution in [-0.2, 0) is 4.74 Å².